The number of benzene rings is 1. The summed E-state index contributed by atoms with van der Waals surface area (Å²) in [5.74, 6) is 0.276. The Morgan fingerprint density at radius 2 is 1.89 bits per heavy atom. The lowest BCUT2D eigenvalue weighted by molar-refractivity contribution is 0.101. The SMILES string of the molecule is CCS(CC)=NC(=O)c1cc(Cl)cc(Cl)c1NC(=O)Oc1cc(C(F)F)nn1-c1ncccc1Cl. The van der Waals surface area contributed by atoms with Gasteiger partial charge in [0.15, 0.2) is 5.82 Å². The molecule has 0 radical (unpaired) electrons. The van der Waals surface area contributed by atoms with Gasteiger partial charge in [-0.15, -0.1) is 0 Å². The van der Waals surface area contributed by atoms with Crippen molar-refractivity contribution in [1.82, 2.24) is 14.8 Å². The highest BCUT2D eigenvalue weighted by Gasteiger charge is 2.24. The van der Waals surface area contributed by atoms with Gasteiger partial charge >= 0.3 is 6.09 Å². The third-order valence-corrected chi connectivity index (χ3v) is 7.02. The van der Waals surface area contributed by atoms with Crippen LogP contribution in [0.3, 0.4) is 0 Å². The van der Waals surface area contributed by atoms with E-state index in [2.05, 4.69) is 19.8 Å². The first-order chi connectivity index (χ1) is 16.6. The van der Waals surface area contributed by atoms with Gasteiger partial charge in [-0.1, -0.05) is 59.3 Å². The Kier molecular flexibility index (Phi) is 9.17. The Morgan fingerprint density at radius 3 is 2.51 bits per heavy atom. The van der Waals surface area contributed by atoms with Crippen molar-refractivity contribution in [3.8, 4) is 11.7 Å². The van der Waals surface area contributed by atoms with Crippen LogP contribution in [0.5, 0.6) is 5.88 Å². The Labute approximate surface area is 216 Å². The second kappa shape index (κ2) is 11.9. The van der Waals surface area contributed by atoms with Crippen molar-refractivity contribution in [2.75, 3.05) is 16.8 Å². The molecule has 0 aliphatic rings. The Bertz CT molecular complexity index is 1300. The van der Waals surface area contributed by atoms with E-state index in [9.17, 15) is 18.4 Å². The number of anilines is 1. The number of rotatable bonds is 7. The van der Waals surface area contributed by atoms with Crippen molar-refractivity contribution in [3.63, 3.8) is 0 Å². The number of nitrogens with zero attached hydrogens (tertiary/aromatic N) is 4. The van der Waals surface area contributed by atoms with E-state index >= 15 is 0 Å². The highest BCUT2D eigenvalue weighted by molar-refractivity contribution is 7.87. The minimum atomic E-state index is -2.95. The zero-order chi connectivity index (χ0) is 25.7. The number of carbonyl (C=O) groups excluding carboxylic acids is 2. The lowest BCUT2D eigenvalue weighted by Gasteiger charge is -2.13. The first-order valence-electron chi connectivity index (χ1n) is 10.0. The molecule has 3 rings (SSSR count). The third-order valence-electron chi connectivity index (χ3n) is 4.45. The average Bonchev–Trinajstić information content (AvgIpc) is 3.22. The Balaban J connectivity index is 1.96. The van der Waals surface area contributed by atoms with Gasteiger partial charge in [0.05, 0.1) is 21.3 Å². The largest absolute Gasteiger partial charge is 0.418 e. The maximum Gasteiger partial charge on any atom is 0.418 e. The molecule has 8 nitrogen and oxygen atoms in total. The van der Waals surface area contributed by atoms with E-state index in [-0.39, 0.29) is 38.0 Å². The molecule has 0 aliphatic carbocycles. The van der Waals surface area contributed by atoms with Gasteiger partial charge in [-0.25, -0.2) is 18.6 Å². The molecule has 1 aromatic carbocycles. The van der Waals surface area contributed by atoms with Crippen molar-refractivity contribution in [1.29, 1.82) is 0 Å². The molecule has 186 valence electrons. The lowest BCUT2D eigenvalue weighted by atomic mass is 10.1. The molecular formula is C21H18Cl3F2N5O3S. The number of pyridine rings is 1. The van der Waals surface area contributed by atoms with Gasteiger partial charge in [0.25, 0.3) is 12.3 Å². The molecule has 0 spiro atoms. The normalized spacial score (nSPS) is 11.1. The van der Waals surface area contributed by atoms with Crippen LogP contribution in [-0.2, 0) is 10.7 Å². The smallest absolute Gasteiger partial charge is 0.391 e. The molecule has 35 heavy (non-hydrogen) atoms. The van der Waals surface area contributed by atoms with Crippen LogP contribution in [-0.4, -0.2) is 38.3 Å². The Hall–Kier alpha value is -2.60. The average molecular weight is 565 g/mol. The van der Waals surface area contributed by atoms with E-state index in [4.69, 9.17) is 39.5 Å². The van der Waals surface area contributed by atoms with Crippen molar-refractivity contribution in [3.05, 3.63) is 62.9 Å². The van der Waals surface area contributed by atoms with Crippen molar-refractivity contribution >= 4 is 63.2 Å². The highest BCUT2D eigenvalue weighted by Crippen LogP contribution is 2.32. The number of carbonyl (C=O) groups is 2. The van der Waals surface area contributed by atoms with Crippen molar-refractivity contribution in [2.45, 2.75) is 20.3 Å². The molecule has 0 unspecified atom stereocenters. The number of hydrogen-bond acceptors (Lipinski definition) is 5. The van der Waals surface area contributed by atoms with Crippen LogP contribution in [0.15, 0.2) is 40.9 Å². The van der Waals surface area contributed by atoms with Crippen LogP contribution >= 0.6 is 34.8 Å². The first kappa shape index (κ1) is 27.0. The van der Waals surface area contributed by atoms with Gasteiger partial charge in [-0.3, -0.25) is 10.1 Å². The maximum absolute atomic E-state index is 13.3. The van der Waals surface area contributed by atoms with Gasteiger partial charge in [-0.2, -0.15) is 14.1 Å². The van der Waals surface area contributed by atoms with Crippen LogP contribution in [0, 0.1) is 0 Å². The zero-order valence-electron chi connectivity index (χ0n) is 18.3. The standard InChI is InChI=1S/C21H18Cl3F2N5O3S/c1-3-35(4-2)30-20(32)12-8-11(22)9-14(24)17(12)28-21(33)34-16-10-15(18(25)26)29-31(16)19-13(23)6-5-7-27-19/h5-10,18H,3-4H2,1-2H3,(H,28,33). The number of aromatic nitrogens is 3. The van der Waals surface area contributed by atoms with E-state index in [0.717, 1.165) is 10.7 Å². The molecule has 0 atom stereocenters. The van der Waals surface area contributed by atoms with Gasteiger partial charge < -0.3 is 4.74 Å². The van der Waals surface area contributed by atoms with E-state index < -0.39 is 34.8 Å². The second-order valence-electron chi connectivity index (χ2n) is 6.69. The van der Waals surface area contributed by atoms with E-state index in [1.807, 2.05) is 13.8 Å². The second-order valence-corrected chi connectivity index (χ2v) is 10.2. The van der Waals surface area contributed by atoms with Crippen LogP contribution in [0.2, 0.25) is 15.1 Å². The number of ether oxygens (including phenoxy) is 1. The summed E-state index contributed by atoms with van der Waals surface area (Å²) in [6, 6.07) is 6.50. The van der Waals surface area contributed by atoms with Gasteiger partial charge in [-0.05, 0) is 24.3 Å². The summed E-state index contributed by atoms with van der Waals surface area (Å²) < 4.78 is 36.8. The topological polar surface area (TPSA) is 98.5 Å². The van der Waals surface area contributed by atoms with Gasteiger partial charge in [0.2, 0.25) is 5.88 Å². The molecule has 2 amide bonds. The fourth-order valence-corrected chi connectivity index (χ4v) is 4.58. The Morgan fingerprint density at radius 1 is 1.17 bits per heavy atom. The summed E-state index contributed by atoms with van der Waals surface area (Å²) in [5, 5.41) is 6.29. The molecule has 0 bridgehead atoms. The summed E-state index contributed by atoms with van der Waals surface area (Å²) >= 11 is 18.4. The predicted octanol–water partition coefficient (Wildman–Crippen LogP) is 6.76. The molecule has 2 aromatic heterocycles. The molecule has 2 heterocycles. The number of amides is 2. The zero-order valence-corrected chi connectivity index (χ0v) is 21.4. The fourth-order valence-electron chi connectivity index (χ4n) is 2.84. The molecular weight excluding hydrogens is 547 g/mol. The predicted molar refractivity (Wildman–Crippen MR) is 133 cm³/mol. The molecule has 3 aromatic rings. The monoisotopic (exact) mass is 563 g/mol. The van der Waals surface area contributed by atoms with Crippen LogP contribution in [0.25, 0.3) is 5.82 Å². The highest BCUT2D eigenvalue weighted by atomic mass is 35.5. The van der Waals surface area contributed by atoms with Gasteiger partial charge in [0, 0.05) is 28.8 Å². The molecule has 0 saturated heterocycles. The maximum atomic E-state index is 13.3. The summed E-state index contributed by atoms with van der Waals surface area (Å²) in [6.07, 6.45) is -2.72. The summed E-state index contributed by atoms with van der Waals surface area (Å²) in [5.41, 5.74) is -0.810. The number of nitrogens with one attached hydrogen (secondary N) is 1. The quantitative estimate of drug-likeness (QED) is 0.342. The van der Waals surface area contributed by atoms with E-state index in [1.54, 1.807) is 0 Å². The molecule has 0 aliphatic heterocycles. The van der Waals surface area contributed by atoms with Crippen molar-refractivity contribution < 1.29 is 23.1 Å². The molecule has 1 N–H and O–H groups in total. The van der Waals surface area contributed by atoms with Crippen LogP contribution in [0.4, 0.5) is 19.3 Å². The van der Waals surface area contributed by atoms with Crippen molar-refractivity contribution in [2.24, 2.45) is 4.36 Å². The van der Waals surface area contributed by atoms with Crippen LogP contribution < -0.4 is 10.1 Å². The number of hydrogen-bond donors (Lipinski definition) is 1. The number of halogens is 5. The molecule has 0 saturated carbocycles. The molecule has 14 heteroatoms. The third kappa shape index (κ3) is 6.54. The van der Waals surface area contributed by atoms with E-state index in [1.165, 1.54) is 30.5 Å². The van der Waals surface area contributed by atoms with Gasteiger partial charge in [0.1, 0.15) is 5.69 Å². The van der Waals surface area contributed by atoms with Crippen LogP contribution in [0.1, 0.15) is 36.3 Å². The first-order valence-corrected chi connectivity index (χ1v) is 12.7. The minimum absolute atomic E-state index is 0.0331. The minimum Gasteiger partial charge on any atom is -0.391 e. The fraction of sp³-hybridized carbons (Fsp3) is 0.238. The van der Waals surface area contributed by atoms with E-state index in [0.29, 0.717) is 11.5 Å². The number of alkyl halides is 2. The summed E-state index contributed by atoms with van der Waals surface area (Å²) in [7, 11) is -0.520. The lowest BCUT2D eigenvalue weighted by Crippen LogP contribution is -2.20. The molecule has 0 fully saturated rings. The summed E-state index contributed by atoms with van der Waals surface area (Å²) in [6.45, 7) is 3.80. The summed E-state index contributed by atoms with van der Waals surface area (Å²) in [4.78, 5) is 29.5.